The van der Waals surface area contributed by atoms with Gasteiger partial charge < -0.3 is 5.32 Å². The number of nitrogens with zero attached hydrogens (tertiary/aromatic N) is 3. The summed E-state index contributed by atoms with van der Waals surface area (Å²) in [4.78, 5) is 11.4. The lowest BCUT2D eigenvalue weighted by Crippen LogP contribution is -2.15. The van der Waals surface area contributed by atoms with Crippen LogP contribution in [0.25, 0.3) is 5.65 Å². The molecule has 1 unspecified atom stereocenters. The maximum absolute atomic E-state index is 12.9. The first-order valence-electron chi connectivity index (χ1n) is 6.10. The normalized spacial score (nSPS) is 12.5. The van der Waals surface area contributed by atoms with Gasteiger partial charge in [0.2, 0.25) is 0 Å². The van der Waals surface area contributed by atoms with E-state index in [1.807, 2.05) is 6.92 Å². The van der Waals surface area contributed by atoms with E-state index in [1.54, 1.807) is 24.3 Å². The Morgan fingerprint density at radius 2 is 2.00 bits per heavy atom. The zero-order chi connectivity index (χ0) is 14.1. The summed E-state index contributed by atoms with van der Waals surface area (Å²) in [5, 5.41) is 13.4. The number of aromatic nitrogens is 4. The molecule has 3 aromatic rings. The van der Waals surface area contributed by atoms with E-state index in [1.165, 1.54) is 16.6 Å². The van der Waals surface area contributed by atoms with Crippen molar-refractivity contribution in [1.29, 1.82) is 0 Å². The van der Waals surface area contributed by atoms with E-state index in [-0.39, 0.29) is 11.9 Å². The summed E-state index contributed by atoms with van der Waals surface area (Å²) >= 11 is 0. The summed E-state index contributed by atoms with van der Waals surface area (Å²) in [7, 11) is 0. The van der Waals surface area contributed by atoms with E-state index in [0.717, 1.165) is 5.56 Å². The standard InChI is InChI=1S/C13H12FN5O/c1-8(9-2-4-10(14)5-3-9)15-11-6-7-12-16-17-13(20)19(12)18-11/h2-8H,1H3,(H,15,18)(H,17,20). The molecule has 0 aliphatic carbocycles. The fraction of sp³-hybridized carbons (Fsp3) is 0.154. The number of H-pyrrole nitrogens is 1. The monoisotopic (exact) mass is 273 g/mol. The average Bonchev–Trinajstić information content (AvgIpc) is 2.81. The van der Waals surface area contributed by atoms with Crippen LogP contribution in [-0.2, 0) is 0 Å². The van der Waals surface area contributed by atoms with Crippen molar-refractivity contribution in [2.45, 2.75) is 13.0 Å². The van der Waals surface area contributed by atoms with E-state index in [2.05, 4.69) is 20.6 Å². The number of benzene rings is 1. The molecule has 0 radical (unpaired) electrons. The maximum atomic E-state index is 12.9. The smallest absolute Gasteiger partial charge is 0.362 e. The SMILES string of the molecule is CC(Nc1ccc2n[nH]c(=O)n2n1)c1ccc(F)cc1. The van der Waals surface area contributed by atoms with Gasteiger partial charge in [-0.2, -0.15) is 9.61 Å². The number of anilines is 1. The molecule has 1 atom stereocenters. The van der Waals surface area contributed by atoms with E-state index in [4.69, 9.17) is 0 Å². The minimum atomic E-state index is -0.391. The van der Waals surface area contributed by atoms with Gasteiger partial charge in [0, 0.05) is 0 Å². The highest BCUT2D eigenvalue weighted by atomic mass is 19.1. The highest BCUT2D eigenvalue weighted by molar-refractivity contribution is 5.44. The van der Waals surface area contributed by atoms with Crippen molar-refractivity contribution in [1.82, 2.24) is 19.8 Å². The Bertz CT molecular complexity index is 792. The fourth-order valence-electron chi connectivity index (χ4n) is 1.94. The van der Waals surface area contributed by atoms with Gasteiger partial charge in [-0.1, -0.05) is 12.1 Å². The van der Waals surface area contributed by atoms with Crippen LogP contribution in [0.3, 0.4) is 0 Å². The van der Waals surface area contributed by atoms with Crippen molar-refractivity contribution < 1.29 is 4.39 Å². The molecule has 0 fully saturated rings. The summed E-state index contributed by atoms with van der Waals surface area (Å²) < 4.78 is 14.1. The molecule has 0 bridgehead atoms. The first kappa shape index (κ1) is 12.3. The Kier molecular flexibility index (Phi) is 2.94. The first-order valence-corrected chi connectivity index (χ1v) is 6.10. The van der Waals surface area contributed by atoms with Crippen molar-refractivity contribution in [3.63, 3.8) is 0 Å². The first-order chi connectivity index (χ1) is 9.63. The van der Waals surface area contributed by atoms with Crippen LogP contribution in [0, 0.1) is 5.82 Å². The second-order valence-corrected chi connectivity index (χ2v) is 4.43. The molecule has 2 aromatic heterocycles. The molecule has 0 aliphatic heterocycles. The third kappa shape index (κ3) is 2.25. The zero-order valence-electron chi connectivity index (χ0n) is 10.7. The van der Waals surface area contributed by atoms with Crippen LogP contribution in [0.4, 0.5) is 10.2 Å². The van der Waals surface area contributed by atoms with Crippen LogP contribution in [-0.4, -0.2) is 19.8 Å². The molecule has 3 rings (SSSR count). The molecule has 2 N–H and O–H groups in total. The molecular formula is C13H12FN5O. The predicted octanol–water partition coefficient (Wildman–Crippen LogP) is 1.73. The largest absolute Gasteiger partial charge is 0.364 e. The number of nitrogens with one attached hydrogen (secondary N) is 2. The van der Waals surface area contributed by atoms with Gasteiger partial charge in [0.25, 0.3) is 0 Å². The van der Waals surface area contributed by atoms with Crippen LogP contribution in [0.2, 0.25) is 0 Å². The highest BCUT2D eigenvalue weighted by Gasteiger charge is 2.08. The zero-order valence-corrected chi connectivity index (χ0v) is 10.7. The Morgan fingerprint density at radius 1 is 1.25 bits per heavy atom. The minimum Gasteiger partial charge on any atom is -0.362 e. The van der Waals surface area contributed by atoms with Gasteiger partial charge in [0.1, 0.15) is 11.6 Å². The van der Waals surface area contributed by atoms with Crippen LogP contribution in [0.15, 0.2) is 41.2 Å². The summed E-state index contributed by atoms with van der Waals surface area (Å²) in [5.74, 6) is 0.267. The predicted molar refractivity (Wildman–Crippen MR) is 72.0 cm³/mol. The lowest BCUT2D eigenvalue weighted by Gasteiger charge is -2.14. The van der Waals surface area contributed by atoms with Crippen LogP contribution in [0.5, 0.6) is 0 Å². The Labute approximate surface area is 113 Å². The number of aromatic amines is 1. The lowest BCUT2D eigenvalue weighted by molar-refractivity contribution is 0.626. The molecule has 0 amide bonds. The highest BCUT2D eigenvalue weighted by Crippen LogP contribution is 2.17. The molecule has 20 heavy (non-hydrogen) atoms. The summed E-state index contributed by atoms with van der Waals surface area (Å²) in [5.41, 5.74) is 0.987. The van der Waals surface area contributed by atoms with Crippen molar-refractivity contribution in [2.75, 3.05) is 5.32 Å². The fourth-order valence-corrected chi connectivity index (χ4v) is 1.94. The van der Waals surface area contributed by atoms with Gasteiger partial charge in [-0.25, -0.2) is 14.3 Å². The second-order valence-electron chi connectivity index (χ2n) is 4.43. The van der Waals surface area contributed by atoms with Gasteiger partial charge >= 0.3 is 5.69 Å². The number of fused-ring (bicyclic) bond motifs is 1. The van der Waals surface area contributed by atoms with E-state index in [9.17, 15) is 9.18 Å². The number of halogens is 1. The quantitative estimate of drug-likeness (QED) is 0.762. The molecule has 0 spiro atoms. The Morgan fingerprint density at radius 3 is 2.75 bits per heavy atom. The maximum Gasteiger partial charge on any atom is 0.364 e. The molecule has 7 heteroatoms. The Balaban J connectivity index is 1.86. The molecule has 0 saturated carbocycles. The average molecular weight is 273 g/mol. The molecule has 0 saturated heterocycles. The van der Waals surface area contributed by atoms with Crippen LogP contribution >= 0.6 is 0 Å². The summed E-state index contributed by atoms with van der Waals surface area (Å²) in [6.45, 7) is 1.93. The lowest BCUT2D eigenvalue weighted by atomic mass is 10.1. The van der Waals surface area contributed by atoms with Crippen molar-refractivity contribution >= 4 is 11.5 Å². The van der Waals surface area contributed by atoms with Crippen LogP contribution in [0.1, 0.15) is 18.5 Å². The molecular weight excluding hydrogens is 261 g/mol. The van der Waals surface area contributed by atoms with Gasteiger partial charge in [0.05, 0.1) is 6.04 Å². The number of rotatable bonds is 3. The molecule has 102 valence electrons. The minimum absolute atomic E-state index is 0.0665. The van der Waals surface area contributed by atoms with Crippen molar-refractivity contribution in [3.8, 4) is 0 Å². The summed E-state index contributed by atoms with van der Waals surface area (Å²) in [6.07, 6.45) is 0. The molecule has 2 heterocycles. The van der Waals surface area contributed by atoms with Gasteiger partial charge in [-0.05, 0) is 36.8 Å². The van der Waals surface area contributed by atoms with E-state index >= 15 is 0 Å². The van der Waals surface area contributed by atoms with Crippen molar-refractivity contribution in [3.05, 3.63) is 58.3 Å². The third-order valence-electron chi connectivity index (χ3n) is 3.01. The van der Waals surface area contributed by atoms with Gasteiger partial charge in [-0.3, -0.25) is 0 Å². The number of hydrogen-bond acceptors (Lipinski definition) is 4. The number of hydrogen-bond donors (Lipinski definition) is 2. The molecule has 6 nitrogen and oxygen atoms in total. The van der Waals surface area contributed by atoms with Crippen LogP contribution < -0.4 is 11.0 Å². The topological polar surface area (TPSA) is 75.1 Å². The second kappa shape index (κ2) is 4.76. The van der Waals surface area contributed by atoms with E-state index < -0.39 is 5.69 Å². The molecule has 0 aliphatic rings. The van der Waals surface area contributed by atoms with Gasteiger partial charge in [-0.15, -0.1) is 5.10 Å². The van der Waals surface area contributed by atoms with Gasteiger partial charge in [0.15, 0.2) is 5.65 Å². The molecule has 1 aromatic carbocycles. The summed E-state index contributed by atoms with van der Waals surface area (Å²) in [6, 6.07) is 9.57. The Hall–Kier alpha value is -2.70. The van der Waals surface area contributed by atoms with E-state index in [0.29, 0.717) is 11.5 Å². The van der Waals surface area contributed by atoms with Crippen molar-refractivity contribution in [2.24, 2.45) is 0 Å². The third-order valence-corrected chi connectivity index (χ3v) is 3.01.